The van der Waals surface area contributed by atoms with Crippen LogP contribution in [0.15, 0.2) is 53.4 Å². The number of hydrogen-bond donors (Lipinski definition) is 1. The van der Waals surface area contributed by atoms with Gasteiger partial charge in [-0.25, -0.2) is 0 Å². The number of hydrogen-bond acceptors (Lipinski definition) is 5. The number of anilines is 1. The van der Waals surface area contributed by atoms with E-state index >= 15 is 0 Å². The molecule has 0 unspecified atom stereocenters. The van der Waals surface area contributed by atoms with Gasteiger partial charge >= 0.3 is 0 Å². The highest BCUT2D eigenvalue weighted by molar-refractivity contribution is 8.26. The molecule has 158 valence electrons. The molecule has 0 aromatic heterocycles. The van der Waals surface area contributed by atoms with Gasteiger partial charge in [-0.2, -0.15) is 5.01 Å². The second-order valence-corrected chi connectivity index (χ2v) is 9.07. The van der Waals surface area contributed by atoms with Crippen molar-refractivity contribution in [2.24, 2.45) is 0 Å². The van der Waals surface area contributed by atoms with E-state index in [0.29, 0.717) is 28.3 Å². The van der Waals surface area contributed by atoms with Crippen molar-refractivity contribution in [3.05, 3.63) is 69.6 Å². The first-order valence-corrected chi connectivity index (χ1v) is 11.3. The molecule has 0 saturated carbocycles. The van der Waals surface area contributed by atoms with E-state index in [1.165, 1.54) is 0 Å². The molecule has 4 rings (SSSR count). The number of unbranched alkanes of at least 4 members (excludes halogenated alkanes) is 1. The van der Waals surface area contributed by atoms with Gasteiger partial charge in [-0.3, -0.25) is 19.8 Å². The molecule has 0 bridgehead atoms. The first kappa shape index (κ1) is 21.5. The van der Waals surface area contributed by atoms with Crippen LogP contribution < -0.4 is 10.3 Å². The zero-order chi connectivity index (χ0) is 22.1. The van der Waals surface area contributed by atoms with E-state index in [4.69, 9.17) is 23.8 Å². The number of rotatable bonds is 5. The number of fused-ring (bicyclic) bond motifs is 1. The van der Waals surface area contributed by atoms with Crippen LogP contribution in [0.25, 0.3) is 5.57 Å². The topological polar surface area (TPSA) is 69.7 Å². The van der Waals surface area contributed by atoms with Gasteiger partial charge in [0.2, 0.25) is 0 Å². The third-order valence-electron chi connectivity index (χ3n) is 4.97. The number of nitrogens with one attached hydrogen (secondary N) is 1. The molecule has 2 aliphatic heterocycles. The van der Waals surface area contributed by atoms with Gasteiger partial charge < -0.3 is 4.90 Å². The molecule has 2 aliphatic rings. The van der Waals surface area contributed by atoms with Crippen LogP contribution in [0.1, 0.15) is 35.7 Å². The van der Waals surface area contributed by atoms with Gasteiger partial charge in [-0.05, 0) is 49.0 Å². The van der Waals surface area contributed by atoms with E-state index in [9.17, 15) is 14.4 Å². The molecule has 0 atom stereocenters. The van der Waals surface area contributed by atoms with Gasteiger partial charge in [-0.15, -0.1) is 0 Å². The fourth-order valence-corrected chi connectivity index (χ4v) is 4.80. The Morgan fingerprint density at radius 2 is 1.81 bits per heavy atom. The number of thiocarbonyl (C=S) groups is 1. The molecule has 1 N–H and O–H groups in total. The van der Waals surface area contributed by atoms with Crippen LogP contribution in [0.3, 0.4) is 0 Å². The summed E-state index contributed by atoms with van der Waals surface area (Å²) in [5.74, 6) is -1.24. The van der Waals surface area contributed by atoms with E-state index < -0.39 is 11.8 Å². The highest BCUT2D eigenvalue weighted by Gasteiger charge is 2.42. The maximum atomic E-state index is 13.2. The molecule has 6 nitrogen and oxygen atoms in total. The number of amides is 3. The maximum absolute atomic E-state index is 13.2. The molecular weight excluding hydrogens is 454 g/mol. The minimum absolute atomic E-state index is 0.159. The summed E-state index contributed by atoms with van der Waals surface area (Å²) in [6, 6.07) is 13.7. The second-order valence-electron chi connectivity index (χ2n) is 6.99. The molecule has 2 aromatic rings. The molecule has 0 aliphatic carbocycles. The van der Waals surface area contributed by atoms with Crippen LogP contribution in [0, 0.1) is 0 Å². The molecule has 0 radical (unpaired) electrons. The number of thioether (sulfide) groups is 1. The highest BCUT2D eigenvalue weighted by atomic mass is 35.5. The molecule has 9 heteroatoms. The second kappa shape index (κ2) is 8.82. The van der Waals surface area contributed by atoms with Crippen molar-refractivity contribution in [3.8, 4) is 0 Å². The molecule has 31 heavy (non-hydrogen) atoms. The minimum Gasteiger partial charge on any atom is -0.308 e. The fraction of sp³-hybridized carbons (Fsp3) is 0.182. The summed E-state index contributed by atoms with van der Waals surface area (Å²) in [7, 11) is 0. The Hall–Kier alpha value is -2.68. The van der Waals surface area contributed by atoms with Gasteiger partial charge in [0, 0.05) is 22.7 Å². The van der Waals surface area contributed by atoms with Crippen LogP contribution in [-0.4, -0.2) is 33.6 Å². The Morgan fingerprint density at radius 1 is 1.10 bits per heavy atom. The summed E-state index contributed by atoms with van der Waals surface area (Å²) in [4.78, 5) is 40.9. The van der Waals surface area contributed by atoms with Crippen LogP contribution in [-0.2, 0) is 9.59 Å². The predicted octanol–water partition coefficient (Wildman–Crippen LogP) is 4.40. The van der Waals surface area contributed by atoms with Gasteiger partial charge in [0.1, 0.15) is 0 Å². The lowest BCUT2D eigenvalue weighted by molar-refractivity contribution is -0.124. The highest BCUT2D eigenvalue weighted by Crippen LogP contribution is 2.44. The van der Waals surface area contributed by atoms with E-state index in [1.54, 1.807) is 29.2 Å². The van der Waals surface area contributed by atoms with Crippen molar-refractivity contribution in [1.82, 2.24) is 10.4 Å². The van der Waals surface area contributed by atoms with Crippen LogP contribution in [0.2, 0.25) is 5.02 Å². The van der Waals surface area contributed by atoms with Crippen LogP contribution in [0.4, 0.5) is 5.69 Å². The number of hydrazine groups is 1. The normalized spacial score (nSPS) is 18.1. The molecule has 2 heterocycles. The van der Waals surface area contributed by atoms with Gasteiger partial charge in [0.05, 0.1) is 16.2 Å². The lowest BCUT2D eigenvalue weighted by Crippen LogP contribution is -2.45. The Labute approximate surface area is 194 Å². The number of carbonyl (C=O) groups excluding carboxylic acids is 3. The number of para-hydroxylation sites is 1. The Morgan fingerprint density at radius 3 is 2.52 bits per heavy atom. The Balaban J connectivity index is 1.65. The van der Waals surface area contributed by atoms with Crippen LogP contribution >= 0.6 is 35.6 Å². The Kier molecular flexibility index (Phi) is 6.13. The molecule has 0 spiro atoms. The minimum atomic E-state index is -0.521. The molecule has 3 amide bonds. The van der Waals surface area contributed by atoms with Crippen molar-refractivity contribution in [2.75, 3.05) is 11.4 Å². The van der Waals surface area contributed by atoms with Gasteiger partial charge in [0.25, 0.3) is 17.7 Å². The molecular formula is C22H18ClN3O3S2. The van der Waals surface area contributed by atoms with E-state index in [1.807, 2.05) is 24.3 Å². The summed E-state index contributed by atoms with van der Waals surface area (Å²) in [5.41, 5.74) is 4.68. The largest absolute Gasteiger partial charge is 0.308 e. The number of nitrogens with zero attached hydrogens (tertiary/aromatic N) is 2. The zero-order valence-corrected chi connectivity index (χ0v) is 18.9. The molecule has 1 saturated heterocycles. The van der Waals surface area contributed by atoms with Gasteiger partial charge in [-0.1, -0.05) is 54.9 Å². The van der Waals surface area contributed by atoms with E-state index in [0.717, 1.165) is 35.3 Å². The smallest absolute Gasteiger partial charge is 0.286 e. The lowest BCUT2D eigenvalue weighted by Gasteiger charge is -2.16. The summed E-state index contributed by atoms with van der Waals surface area (Å²) >= 11 is 12.2. The van der Waals surface area contributed by atoms with Crippen molar-refractivity contribution in [1.29, 1.82) is 0 Å². The molecule has 1 fully saturated rings. The summed E-state index contributed by atoms with van der Waals surface area (Å²) in [5, 5.41) is 1.52. The first-order chi connectivity index (χ1) is 14.9. The first-order valence-electron chi connectivity index (χ1n) is 9.70. The summed E-state index contributed by atoms with van der Waals surface area (Å²) in [6.45, 7) is 2.63. The quantitative estimate of drug-likeness (QED) is 0.517. The summed E-state index contributed by atoms with van der Waals surface area (Å²) < 4.78 is 0.159. The monoisotopic (exact) mass is 471 g/mol. The Bertz CT molecular complexity index is 1130. The molecule has 2 aromatic carbocycles. The third-order valence-corrected chi connectivity index (χ3v) is 6.60. The zero-order valence-electron chi connectivity index (χ0n) is 16.6. The van der Waals surface area contributed by atoms with Crippen LogP contribution in [0.5, 0.6) is 0 Å². The average Bonchev–Trinajstić information content (AvgIpc) is 3.19. The van der Waals surface area contributed by atoms with E-state index in [-0.39, 0.29) is 15.1 Å². The number of carbonyl (C=O) groups is 3. The maximum Gasteiger partial charge on any atom is 0.286 e. The van der Waals surface area contributed by atoms with Crippen molar-refractivity contribution in [2.45, 2.75) is 19.8 Å². The number of halogens is 1. The standard InChI is InChI=1S/C22H18ClN3O3S2/c1-2-3-12-25-16-7-5-4-6-15(16)17(20(25)28)18-21(29)26(22(30)31-18)24-19(27)13-8-10-14(23)11-9-13/h4-11H,2-3,12H2,1H3,(H,24,27)/b18-17-. The fourth-order valence-electron chi connectivity index (χ4n) is 3.42. The number of benzene rings is 2. The van der Waals surface area contributed by atoms with E-state index in [2.05, 4.69) is 12.3 Å². The van der Waals surface area contributed by atoms with Crippen molar-refractivity contribution < 1.29 is 14.4 Å². The van der Waals surface area contributed by atoms with Gasteiger partial charge in [0.15, 0.2) is 4.32 Å². The van der Waals surface area contributed by atoms with Crippen molar-refractivity contribution >= 4 is 68.9 Å². The average molecular weight is 472 g/mol. The lowest BCUT2D eigenvalue weighted by atomic mass is 10.1. The SMILES string of the molecule is CCCCN1C(=O)/C(=C2\SC(=S)N(NC(=O)c3ccc(Cl)cc3)C2=O)c2ccccc21. The van der Waals surface area contributed by atoms with Crippen molar-refractivity contribution in [3.63, 3.8) is 0 Å². The summed E-state index contributed by atoms with van der Waals surface area (Å²) in [6.07, 6.45) is 1.80. The third kappa shape index (κ3) is 3.98. The predicted molar refractivity (Wildman–Crippen MR) is 127 cm³/mol.